The molecule has 0 aliphatic rings. The summed E-state index contributed by atoms with van der Waals surface area (Å²) in [5.41, 5.74) is 3.24. The second-order valence-corrected chi connectivity index (χ2v) is 7.27. The lowest BCUT2D eigenvalue weighted by molar-refractivity contribution is -0.121. The molecule has 4 heteroatoms. The second-order valence-electron chi connectivity index (χ2n) is 7.27. The van der Waals surface area contributed by atoms with Gasteiger partial charge in [0.2, 0.25) is 11.8 Å². The van der Waals surface area contributed by atoms with Gasteiger partial charge in [0.15, 0.2) is 0 Å². The molecule has 0 aliphatic carbocycles. The first-order chi connectivity index (χ1) is 15.3. The second kappa shape index (κ2) is 10.2. The molecule has 4 aromatic rings. The van der Waals surface area contributed by atoms with Crippen molar-refractivity contribution in [2.45, 2.75) is 18.9 Å². The van der Waals surface area contributed by atoms with Crippen molar-refractivity contribution in [3.8, 4) is 11.6 Å². The summed E-state index contributed by atoms with van der Waals surface area (Å²) in [6.07, 6.45) is 2.08. The van der Waals surface area contributed by atoms with E-state index in [0.717, 1.165) is 16.7 Å². The minimum atomic E-state index is 0.00811. The molecule has 0 saturated heterocycles. The van der Waals surface area contributed by atoms with Crippen molar-refractivity contribution in [3.63, 3.8) is 0 Å². The Hall–Kier alpha value is -3.92. The lowest BCUT2D eigenvalue weighted by atomic mass is 9.88. The molecular formula is C27H24N2O2. The number of rotatable bonds is 8. The molecule has 0 atom stereocenters. The maximum absolute atomic E-state index is 12.8. The van der Waals surface area contributed by atoms with E-state index >= 15 is 0 Å². The number of hydrogen-bond acceptors (Lipinski definition) is 3. The van der Waals surface area contributed by atoms with Gasteiger partial charge in [-0.15, -0.1) is 0 Å². The molecule has 0 unspecified atom stereocenters. The fourth-order valence-corrected chi connectivity index (χ4v) is 3.50. The molecule has 0 saturated carbocycles. The molecule has 0 bridgehead atoms. The first-order valence-electron chi connectivity index (χ1n) is 10.3. The summed E-state index contributed by atoms with van der Waals surface area (Å²) in [4.78, 5) is 17.0. The summed E-state index contributed by atoms with van der Waals surface area (Å²) >= 11 is 0. The Morgan fingerprint density at radius 3 is 2.13 bits per heavy atom. The monoisotopic (exact) mass is 408 g/mol. The Labute approximate surface area is 182 Å². The van der Waals surface area contributed by atoms with Crippen LogP contribution in [0.3, 0.4) is 0 Å². The lowest BCUT2D eigenvalue weighted by Crippen LogP contribution is -2.25. The van der Waals surface area contributed by atoms with E-state index in [-0.39, 0.29) is 11.8 Å². The Kier molecular flexibility index (Phi) is 6.71. The number of carbonyl (C=O) groups is 1. The molecule has 4 rings (SSSR count). The van der Waals surface area contributed by atoms with Crippen LogP contribution in [0, 0.1) is 0 Å². The summed E-state index contributed by atoms with van der Waals surface area (Å²) in [5, 5.41) is 3.05. The number of pyridine rings is 1. The van der Waals surface area contributed by atoms with Gasteiger partial charge in [-0.3, -0.25) is 4.79 Å². The van der Waals surface area contributed by atoms with Crippen LogP contribution < -0.4 is 10.1 Å². The maximum Gasteiger partial charge on any atom is 0.221 e. The van der Waals surface area contributed by atoms with E-state index in [4.69, 9.17) is 4.74 Å². The minimum absolute atomic E-state index is 0.00811. The van der Waals surface area contributed by atoms with Gasteiger partial charge >= 0.3 is 0 Å². The highest BCUT2D eigenvalue weighted by Gasteiger charge is 2.18. The van der Waals surface area contributed by atoms with Gasteiger partial charge in [-0.1, -0.05) is 78.9 Å². The number of hydrogen-bond donors (Lipinski definition) is 1. The molecule has 0 spiro atoms. The molecule has 1 heterocycles. The number of nitrogens with one attached hydrogen (secondary N) is 1. The van der Waals surface area contributed by atoms with Crippen LogP contribution in [0.4, 0.5) is 0 Å². The highest BCUT2D eigenvalue weighted by atomic mass is 16.5. The molecular weight excluding hydrogens is 384 g/mol. The Morgan fingerprint density at radius 1 is 0.806 bits per heavy atom. The molecule has 1 aromatic heterocycles. The summed E-state index contributed by atoms with van der Waals surface area (Å²) in [6, 6.07) is 33.5. The van der Waals surface area contributed by atoms with Crippen molar-refractivity contribution < 1.29 is 9.53 Å². The smallest absolute Gasteiger partial charge is 0.221 e. The fraction of sp³-hybridized carbons (Fsp3) is 0.111. The summed E-state index contributed by atoms with van der Waals surface area (Å²) in [6.45, 7) is 0.439. The average molecular weight is 409 g/mol. The summed E-state index contributed by atoms with van der Waals surface area (Å²) in [5.74, 6) is 1.25. The third-order valence-electron chi connectivity index (χ3n) is 5.04. The number of nitrogens with zero attached hydrogens (tertiary/aromatic N) is 1. The van der Waals surface area contributed by atoms with Crippen molar-refractivity contribution in [1.29, 1.82) is 0 Å². The SMILES string of the molecule is O=C(CC(c1ccccc1)c1ccccc1)NCc1cccc(Oc2ccccn2)c1. The number of amides is 1. The molecule has 31 heavy (non-hydrogen) atoms. The number of carbonyl (C=O) groups excluding carboxylic acids is 1. The van der Waals surface area contributed by atoms with Crippen LogP contribution in [0.15, 0.2) is 109 Å². The molecule has 1 amide bonds. The van der Waals surface area contributed by atoms with Crippen LogP contribution in [0.1, 0.15) is 29.0 Å². The van der Waals surface area contributed by atoms with E-state index in [0.29, 0.717) is 24.6 Å². The van der Waals surface area contributed by atoms with E-state index < -0.39 is 0 Å². The zero-order valence-electron chi connectivity index (χ0n) is 17.1. The molecule has 1 N–H and O–H groups in total. The van der Waals surface area contributed by atoms with Gasteiger partial charge in [-0.2, -0.15) is 0 Å². The molecule has 0 aliphatic heterocycles. The van der Waals surface area contributed by atoms with Crippen LogP contribution in [-0.2, 0) is 11.3 Å². The van der Waals surface area contributed by atoms with Crippen LogP contribution in [0.5, 0.6) is 11.6 Å². The van der Waals surface area contributed by atoms with Crippen molar-refractivity contribution in [2.75, 3.05) is 0 Å². The van der Waals surface area contributed by atoms with Gasteiger partial charge < -0.3 is 10.1 Å². The summed E-state index contributed by atoms with van der Waals surface area (Å²) < 4.78 is 5.78. The van der Waals surface area contributed by atoms with E-state index in [1.807, 2.05) is 78.9 Å². The Bertz CT molecular complexity index is 1060. The Morgan fingerprint density at radius 2 is 1.48 bits per heavy atom. The van der Waals surface area contributed by atoms with E-state index in [2.05, 4.69) is 34.6 Å². The van der Waals surface area contributed by atoms with E-state index in [1.165, 1.54) is 0 Å². The van der Waals surface area contributed by atoms with Gasteiger partial charge in [0, 0.05) is 31.1 Å². The highest BCUT2D eigenvalue weighted by molar-refractivity contribution is 5.77. The van der Waals surface area contributed by atoms with Crippen molar-refractivity contribution in [1.82, 2.24) is 10.3 Å². The third-order valence-corrected chi connectivity index (χ3v) is 5.04. The number of benzene rings is 3. The quantitative estimate of drug-likeness (QED) is 0.406. The van der Waals surface area contributed by atoms with Gasteiger partial charge in [0.1, 0.15) is 5.75 Å². The number of ether oxygens (including phenoxy) is 1. The van der Waals surface area contributed by atoms with Crippen LogP contribution in [0.2, 0.25) is 0 Å². The average Bonchev–Trinajstić information content (AvgIpc) is 2.83. The predicted molar refractivity (Wildman–Crippen MR) is 122 cm³/mol. The third kappa shape index (κ3) is 5.80. The van der Waals surface area contributed by atoms with Crippen LogP contribution in [-0.4, -0.2) is 10.9 Å². The van der Waals surface area contributed by atoms with Crippen LogP contribution >= 0.6 is 0 Å². The molecule has 154 valence electrons. The zero-order valence-corrected chi connectivity index (χ0v) is 17.1. The van der Waals surface area contributed by atoms with E-state index in [9.17, 15) is 4.79 Å². The Balaban J connectivity index is 1.40. The van der Waals surface area contributed by atoms with Crippen LogP contribution in [0.25, 0.3) is 0 Å². The predicted octanol–water partition coefficient (Wildman–Crippen LogP) is 5.71. The maximum atomic E-state index is 12.8. The largest absolute Gasteiger partial charge is 0.439 e. The number of aromatic nitrogens is 1. The topological polar surface area (TPSA) is 51.2 Å². The lowest BCUT2D eigenvalue weighted by Gasteiger charge is -2.18. The molecule has 0 fully saturated rings. The normalized spacial score (nSPS) is 10.6. The van der Waals surface area contributed by atoms with Gasteiger partial charge in [-0.25, -0.2) is 4.98 Å². The van der Waals surface area contributed by atoms with Crippen molar-refractivity contribution >= 4 is 5.91 Å². The summed E-state index contributed by atoms with van der Waals surface area (Å²) in [7, 11) is 0. The first-order valence-corrected chi connectivity index (χ1v) is 10.3. The molecule has 3 aromatic carbocycles. The van der Waals surface area contributed by atoms with Gasteiger partial charge in [-0.05, 0) is 34.9 Å². The van der Waals surface area contributed by atoms with Gasteiger partial charge in [0.05, 0.1) is 0 Å². The zero-order chi connectivity index (χ0) is 21.3. The van der Waals surface area contributed by atoms with Crippen molar-refractivity contribution in [2.24, 2.45) is 0 Å². The van der Waals surface area contributed by atoms with E-state index in [1.54, 1.807) is 6.20 Å². The van der Waals surface area contributed by atoms with Gasteiger partial charge in [0.25, 0.3) is 0 Å². The first kappa shape index (κ1) is 20.4. The molecule has 4 nitrogen and oxygen atoms in total. The molecule has 0 radical (unpaired) electrons. The standard InChI is InChI=1S/C27H24N2O2/c30-26(19-25(22-11-3-1-4-12-22)23-13-5-2-6-14-23)29-20-21-10-9-15-24(18-21)31-27-16-7-8-17-28-27/h1-18,25H,19-20H2,(H,29,30). The highest BCUT2D eigenvalue weighted by Crippen LogP contribution is 2.28. The minimum Gasteiger partial charge on any atom is -0.439 e. The van der Waals surface area contributed by atoms with Crippen molar-refractivity contribution in [3.05, 3.63) is 126 Å². The fourth-order valence-electron chi connectivity index (χ4n) is 3.50.